The number of methoxy groups -OCH3 is 1. The Morgan fingerprint density at radius 3 is 2.60 bits per heavy atom. The molecule has 0 N–H and O–H groups in total. The van der Waals surface area contributed by atoms with Gasteiger partial charge in [0.1, 0.15) is 5.76 Å². The van der Waals surface area contributed by atoms with E-state index >= 15 is 0 Å². The smallest absolute Gasteiger partial charge is 0.289 e. The number of carbonyl (C=O) groups excluding carboxylic acids is 1. The molecule has 4 heteroatoms. The van der Waals surface area contributed by atoms with E-state index < -0.39 is 0 Å². The van der Waals surface area contributed by atoms with E-state index in [1.807, 2.05) is 17.9 Å². The summed E-state index contributed by atoms with van der Waals surface area (Å²) in [4.78, 5) is 14.6. The van der Waals surface area contributed by atoms with Crippen molar-refractivity contribution < 1.29 is 13.9 Å². The van der Waals surface area contributed by atoms with Gasteiger partial charge in [-0.3, -0.25) is 4.79 Å². The van der Waals surface area contributed by atoms with E-state index in [0.717, 1.165) is 38.1 Å². The van der Waals surface area contributed by atoms with E-state index in [1.165, 1.54) is 16.7 Å². The molecular formula is C21H25NO3. The number of nitrogens with zero attached hydrogens (tertiary/aromatic N) is 1. The lowest BCUT2D eigenvalue weighted by molar-refractivity contribution is 0.0535. The van der Waals surface area contributed by atoms with Crippen molar-refractivity contribution in [2.75, 3.05) is 20.2 Å². The number of aryl methyl sites for hydroxylation is 2. The van der Waals surface area contributed by atoms with Crippen LogP contribution < -0.4 is 0 Å². The van der Waals surface area contributed by atoms with Gasteiger partial charge in [-0.05, 0) is 56.4 Å². The van der Waals surface area contributed by atoms with Gasteiger partial charge in [0, 0.05) is 25.6 Å². The average Bonchev–Trinajstić information content (AvgIpc) is 3.17. The maximum absolute atomic E-state index is 12.6. The third-order valence-corrected chi connectivity index (χ3v) is 5.95. The van der Waals surface area contributed by atoms with Crippen LogP contribution in [0.5, 0.6) is 0 Å². The van der Waals surface area contributed by atoms with Crippen LogP contribution in [0.2, 0.25) is 0 Å². The fourth-order valence-corrected chi connectivity index (χ4v) is 4.51. The zero-order valence-corrected chi connectivity index (χ0v) is 15.2. The Morgan fingerprint density at radius 1 is 1.20 bits per heavy atom. The summed E-state index contributed by atoms with van der Waals surface area (Å²) in [6.45, 7) is 5.54. The molecule has 4 nitrogen and oxygen atoms in total. The highest BCUT2D eigenvalue weighted by Gasteiger charge is 2.46. The van der Waals surface area contributed by atoms with Gasteiger partial charge >= 0.3 is 0 Å². The topological polar surface area (TPSA) is 42.7 Å². The van der Waals surface area contributed by atoms with Gasteiger partial charge in [-0.25, -0.2) is 0 Å². The summed E-state index contributed by atoms with van der Waals surface area (Å²) in [5, 5.41) is 0. The minimum atomic E-state index is 0.00806. The second-order valence-electron chi connectivity index (χ2n) is 7.50. The van der Waals surface area contributed by atoms with Gasteiger partial charge in [-0.1, -0.05) is 23.8 Å². The molecule has 25 heavy (non-hydrogen) atoms. The monoisotopic (exact) mass is 339 g/mol. The summed E-state index contributed by atoms with van der Waals surface area (Å²) >= 11 is 0. The number of amides is 1. The molecule has 1 unspecified atom stereocenters. The first-order valence-electron chi connectivity index (χ1n) is 9.02. The number of furan rings is 1. The molecule has 1 aromatic carbocycles. The van der Waals surface area contributed by atoms with Gasteiger partial charge in [-0.15, -0.1) is 0 Å². The number of fused-ring (bicyclic) bond motifs is 2. The molecule has 2 aromatic rings. The number of ether oxygens (including phenoxy) is 1. The summed E-state index contributed by atoms with van der Waals surface area (Å²) < 4.78 is 11.3. The SMILES string of the molecule is COC1CC2(CCN(C(=O)c3ccc(C)o3)CC2)c2cc(C)ccc21. The third kappa shape index (κ3) is 2.69. The molecule has 1 spiro atoms. The largest absolute Gasteiger partial charge is 0.456 e. The molecule has 1 aliphatic heterocycles. The van der Waals surface area contributed by atoms with Crippen LogP contribution in [0, 0.1) is 13.8 Å². The summed E-state index contributed by atoms with van der Waals surface area (Å²) in [5.41, 5.74) is 4.19. The highest BCUT2D eigenvalue weighted by molar-refractivity contribution is 5.91. The van der Waals surface area contributed by atoms with Crippen molar-refractivity contribution in [3.63, 3.8) is 0 Å². The number of piperidine rings is 1. The predicted octanol–water partition coefficient (Wildman–Crippen LogP) is 4.16. The van der Waals surface area contributed by atoms with Gasteiger partial charge in [0.25, 0.3) is 5.91 Å². The first kappa shape index (κ1) is 16.4. The number of benzene rings is 1. The number of likely N-dealkylation sites (tertiary alicyclic amines) is 1. The molecule has 1 aliphatic carbocycles. The average molecular weight is 339 g/mol. The van der Waals surface area contributed by atoms with E-state index in [9.17, 15) is 4.79 Å². The number of hydrogen-bond acceptors (Lipinski definition) is 3. The van der Waals surface area contributed by atoms with Crippen molar-refractivity contribution >= 4 is 5.91 Å². The normalized spacial score (nSPS) is 21.6. The summed E-state index contributed by atoms with van der Waals surface area (Å²) in [7, 11) is 1.80. The lowest BCUT2D eigenvalue weighted by atomic mass is 9.73. The predicted molar refractivity (Wildman–Crippen MR) is 95.8 cm³/mol. The van der Waals surface area contributed by atoms with Gasteiger partial charge < -0.3 is 14.1 Å². The Labute approximate surface area is 148 Å². The van der Waals surface area contributed by atoms with E-state index in [4.69, 9.17) is 9.15 Å². The molecular weight excluding hydrogens is 314 g/mol. The molecule has 0 bridgehead atoms. The summed E-state index contributed by atoms with van der Waals surface area (Å²) in [6, 6.07) is 10.3. The van der Waals surface area contributed by atoms with E-state index in [1.54, 1.807) is 13.2 Å². The molecule has 0 radical (unpaired) electrons. The van der Waals surface area contributed by atoms with Crippen molar-refractivity contribution in [1.82, 2.24) is 4.90 Å². The first-order chi connectivity index (χ1) is 12.0. The van der Waals surface area contributed by atoms with E-state index in [2.05, 4.69) is 25.1 Å². The molecule has 0 saturated carbocycles. The van der Waals surface area contributed by atoms with Crippen LogP contribution in [-0.2, 0) is 10.2 Å². The van der Waals surface area contributed by atoms with Crippen molar-refractivity contribution in [3.8, 4) is 0 Å². The van der Waals surface area contributed by atoms with Crippen molar-refractivity contribution in [2.45, 2.75) is 44.6 Å². The van der Waals surface area contributed by atoms with Crippen LogP contribution in [0.15, 0.2) is 34.7 Å². The fraction of sp³-hybridized carbons (Fsp3) is 0.476. The third-order valence-electron chi connectivity index (χ3n) is 5.95. The van der Waals surface area contributed by atoms with Crippen molar-refractivity contribution in [2.24, 2.45) is 0 Å². The molecule has 1 aromatic heterocycles. The molecule has 1 fully saturated rings. The van der Waals surface area contributed by atoms with Crippen LogP contribution >= 0.6 is 0 Å². The van der Waals surface area contributed by atoms with E-state index in [0.29, 0.717) is 5.76 Å². The maximum atomic E-state index is 12.6. The molecule has 2 heterocycles. The lowest BCUT2D eigenvalue weighted by Crippen LogP contribution is -2.44. The fourth-order valence-electron chi connectivity index (χ4n) is 4.51. The zero-order chi connectivity index (χ0) is 17.6. The second-order valence-corrected chi connectivity index (χ2v) is 7.50. The second kappa shape index (κ2) is 6.03. The van der Waals surface area contributed by atoms with Gasteiger partial charge in [0.15, 0.2) is 5.76 Å². The molecule has 1 atom stereocenters. The first-order valence-corrected chi connectivity index (χ1v) is 9.02. The maximum Gasteiger partial charge on any atom is 0.289 e. The van der Waals surface area contributed by atoms with Gasteiger partial charge in [0.2, 0.25) is 0 Å². The molecule has 132 valence electrons. The quantitative estimate of drug-likeness (QED) is 0.825. The Hall–Kier alpha value is -2.07. The number of carbonyl (C=O) groups is 1. The van der Waals surface area contributed by atoms with Crippen LogP contribution in [0.1, 0.15) is 58.4 Å². The number of hydrogen-bond donors (Lipinski definition) is 0. The van der Waals surface area contributed by atoms with Crippen LogP contribution in [-0.4, -0.2) is 31.0 Å². The van der Waals surface area contributed by atoms with Gasteiger partial charge in [-0.2, -0.15) is 0 Å². The summed E-state index contributed by atoms with van der Waals surface area (Å²) in [6.07, 6.45) is 3.15. The molecule has 2 aliphatic rings. The Balaban J connectivity index is 1.55. The van der Waals surface area contributed by atoms with Gasteiger partial charge in [0.05, 0.1) is 6.10 Å². The van der Waals surface area contributed by atoms with Crippen LogP contribution in [0.25, 0.3) is 0 Å². The molecule has 4 rings (SSSR count). The lowest BCUT2D eigenvalue weighted by Gasteiger charge is -2.40. The molecule has 1 amide bonds. The Bertz CT molecular complexity index is 799. The highest BCUT2D eigenvalue weighted by atomic mass is 16.5. The summed E-state index contributed by atoms with van der Waals surface area (Å²) in [5.74, 6) is 1.24. The molecule has 1 saturated heterocycles. The highest BCUT2D eigenvalue weighted by Crippen LogP contribution is 2.52. The standard InChI is InChI=1S/C21H25NO3/c1-14-4-6-16-17(12-14)21(13-19(16)24-3)8-10-22(11-9-21)20(23)18-7-5-15(2)25-18/h4-7,12,19H,8-11,13H2,1-3H3. The Kier molecular flexibility index (Phi) is 3.95. The minimum absolute atomic E-state index is 0.00806. The van der Waals surface area contributed by atoms with Crippen molar-refractivity contribution in [3.05, 3.63) is 58.5 Å². The van der Waals surface area contributed by atoms with Crippen LogP contribution in [0.3, 0.4) is 0 Å². The van der Waals surface area contributed by atoms with E-state index in [-0.39, 0.29) is 17.4 Å². The van der Waals surface area contributed by atoms with Crippen molar-refractivity contribution in [1.29, 1.82) is 0 Å². The van der Waals surface area contributed by atoms with Crippen LogP contribution in [0.4, 0.5) is 0 Å². The zero-order valence-electron chi connectivity index (χ0n) is 15.2. The Morgan fingerprint density at radius 2 is 1.96 bits per heavy atom. The minimum Gasteiger partial charge on any atom is -0.456 e. The number of rotatable bonds is 2.